The maximum Gasteiger partial charge on any atom is 0.262 e. The Kier molecular flexibility index (Phi) is 5.01. The number of halogens is 1. The number of hydrogen-bond donors (Lipinski definition) is 1. The summed E-state index contributed by atoms with van der Waals surface area (Å²) in [6.45, 7) is 1.40. The third-order valence-electron chi connectivity index (χ3n) is 4.34. The van der Waals surface area contributed by atoms with Gasteiger partial charge in [0, 0.05) is 23.9 Å². The van der Waals surface area contributed by atoms with Crippen molar-refractivity contribution < 1.29 is 27.1 Å². The molecule has 0 bridgehead atoms. The zero-order valence-corrected chi connectivity index (χ0v) is 15.6. The third-order valence-corrected chi connectivity index (χ3v) is 5.47. The summed E-state index contributed by atoms with van der Waals surface area (Å²) in [6, 6.07) is 8.28. The molecule has 0 aromatic heterocycles. The van der Waals surface area contributed by atoms with Gasteiger partial charge in [-0.15, -0.1) is 0 Å². The largest absolute Gasteiger partial charge is 0.483 e. The first-order chi connectivity index (χ1) is 12.7. The Labute approximate surface area is 156 Å². The van der Waals surface area contributed by atoms with E-state index in [-0.39, 0.29) is 40.9 Å². The van der Waals surface area contributed by atoms with E-state index in [2.05, 4.69) is 5.32 Å². The number of benzene rings is 2. The second-order valence-electron chi connectivity index (χ2n) is 6.50. The van der Waals surface area contributed by atoms with Crippen LogP contribution in [0.25, 0.3) is 0 Å². The summed E-state index contributed by atoms with van der Waals surface area (Å²) in [7, 11) is -3.31. The van der Waals surface area contributed by atoms with Crippen LogP contribution < -0.4 is 10.1 Å². The summed E-state index contributed by atoms with van der Waals surface area (Å²) in [5, 5.41) is 2.57. The van der Waals surface area contributed by atoms with Crippen molar-refractivity contribution in [1.29, 1.82) is 0 Å². The molecule has 2 aromatic carbocycles. The van der Waals surface area contributed by atoms with Crippen molar-refractivity contribution in [2.45, 2.75) is 24.2 Å². The van der Waals surface area contributed by atoms with Crippen LogP contribution in [0.4, 0.5) is 10.1 Å². The molecule has 1 atom stereocenters. The van der Waals surface area contributed by atoms with Gasteiger partial charge < -0.3 is 10.1 Å². The van der Waals surface area contributed by atoms with Gasteiger partial charge in [-0.2, -0.15) is 0 Å². The third kappa shape index (κ3) is 4.00. The van der Waals surface area contributed by atoms with Gasteiger partial charge in [-0.1, -0.05) is 6.92 Å². The van der Waals surface area contributed by atoms with Crippen LogP contribution in [0.2, 0.25) is 0 Å². The van der Waals surface area contributed by atoms with Crippen LogP contribution in [0, 0.1) is 5.82 Å². The highest BCUT2D eigenvalue weighted by molar-refractivity contribution is 7.90. The van der Waals surface area contributed by atoms with Crippen LogP contribution in [-0.4, -0.2) is 33.0 Å². The number of carbonyl (C=O) groups is 2. The number of sulfone groups is 1. The number of fused-ring (bicyclic) bond motifs is 1. The lowest BCUT2D eigenvalue weighted by Gasteiger charge is -2.12. The molecule has 0 aliphatic heterocycles. The number of carbonyl (C=O) groups excluding carboxylic acids is 2. The molecule has 1 N–H and O–H groups in total. The summed E-state index contributed by atoms with van der Waals surface area (Å²) < 4.78 is 42.3. The molecule has 1 amide bonds. The van der Waals surface area contributed by atoms with Crippen LogP contribution in [0.1, 0.15) is 35.2 Å². The molecule has 3 rings (SSSR count). The highest BCUT2D eigenvalue weighted by Crippen LogP contribution is 2.39. The Morgan fingerprint density at radius 2 is 1.89 bits per heavy atom. The maximum atomic E-state index is 14.0. The van der Waals surface area contributed by atoms with E-state index in [4.69, 9.17) is 4.74 Å². The molecule has 1 aliphatic carbocycles. The molecule has 142 valence electrons. The Balaban J connectivity index is 1.68. The van der Waals surface area contributed by atoms with Crippen LogP contribution in [0.15, 0.2) is 41.3 Å². The van der Waals surface area contributed by atoms with Crippen molar-refractivity contribution in [2.75, 3.05) is 18.2 Å². The molecular weight excluding hydrogens is 373 g/mol. The SMILES string of the molecule is C[C@@H]1CC(=O)c2c(OCC(=O)Nc3ccc(S(C)(=O)=O)cc3)ccc(F)c21. The molecule has 1 aliphatic rings. The number of nitrogens with one attached hydrogen (secondary N) is 1. The van der Waals surface area contributed by atoms with Gasteiger partial charge in [0.15, 0.2) is 22.2 Å². The van der Waals surface area contributed by atoms with Crippen molar-refractivity contribution in [1.82, 2.24) is 0 Å². The summed E-state index contributed by atoms with van der Waals surface area (Å²) in [5.74, 6) is -1.19. The van der Waals surface area contributed by atoms with Gasteiger partial charge in [-0.05, 0) is 42.3 Å². The van der Waals surface area contributed by atoms with Crippen molar-refractivity contribution in [3.05, 3.63) is 53.3 Å². The van der Waals surface area contributed by atoms with Gasteiger partial charge in [0.2, 0.25) is 0 Å². The van der Waals surface area contributed by atoms with Gasteiger partial charge in [-0.25, -0.2) is 12.8 Å². The van der Waals surface area contributed by atoms with Crippen molar-refractivity contribution in [3.8, 4) is 5.75 Å². The van der Waals surface area contributed by atoms with E-state index in [1.807, 2.05) is 0 Å². The molecule has 6 nitrogen and oxygen atoms in total. The zero-order valence-electron chi connectivity index (χ0n) is 14.8. The van der Waals surface area contributed by atoms with Crippen molar-refractivity contribution in [3.63, 3.8) is 0 Å². The average Bonchev–Trinajstić information content (AvgIpc) is 2.90. The Bertz CT molecular complexity index is 1020. The van der Waals surface area contributed by atoms with E-state index in [0.717, 1.165) is 6.26 Å². The van der Waals surface area contributed by atoms with Gasteiger partial charge >= 0.3 is 0 Å². The number of amides is 1. The maximum absolute atomic E-state index is 14.0. The van der Waals surface area contributed by atoms with E-state index < -0.39 is 21.6 Å². The molecule has 2 aromatic rings. The summed E-state index contributed by atoms with van der Waals surface area (Å²) in [5.41, 5.74) is 0.937. The molecule has 0 radical (unpaired) electrons. The van der Waals surface area contributed by atoms with Crippen LogP contribution in [0.3, 0.4) is 0 Å². The molecule has 0 saturated carbocycles. The first-order valence-electron chi connectivity index (χ1n) is 8.25. The summed E-state index contributed by atoms with van der Waals surface area (Å²) >= 11 is 0. The second-order valence-corrected chi connectivity index (χ2v) is 8.51. The molecule has 0 saturated heterocycles. The van der Waals surface area contributed by atoms with Gasteiger partial charge in [0.1, 0.15) is 11.6 Å². The standard InChI is InChI=1S/C19H18FNO5S/c1-11-9-15(22)19-16(8-7-14(20)18(11)19)26-10-17(23)21-12-3-5-13(6-4-12)27(2,24)25/h3-8,11H,9-10H2,1-2H3,(H,21,23)/t11-/m1/s1. The summed E-state index contributed by atoms with van der Waals surface area (Å²) in [4.78, 5) is 24.3. The summed E-state index contributed by atoms with van der Waals surface area (Å²) in [6.07, 6.45) is 1.31. The fourth-order valence-electron chi connectivity index (χ4n) is 3.07. The molecule has 0 unspecified atom stereocenters. The normalized spacial score (nSPS) is 16.1. The fraction of sp³-hybridized carbons (Fsp3) is 0.263. The van der Waals surface area contributed by atoms with Crippen LogP contribution in [0.5, 0.6) is 5.75 Å². The number of ketones is 1. The van der Waals surface area contributed by atoms with Crippen molar-refractivity contribution >= 4 is 27.2 Å². The topological polar surface area (TPSA) is 89.5 Å². The number of anilines is 1. The van der Waals surface area contributed by atoms with E-state index in [1.165, 1.54) is 36.4 Å². The van der Waals surface area contributed by atoms with Crippen molar-refractivity contribution in [2.24, 2.45) is 0 Å². The van der Waals surface area contributed by atoms with E-state index in [9.17, 15) is 22.4 Å². The lowest BCUT2D eigenvalue weighted by Crippen LogP contribution is -2.20. The monoisotopic (exact) mass is 391 g/mol. The first-order valence-corrected chi connectivity index (χ1v) is 10.1. The zero-order chi connectivity index (χ0) is 19.8. The highest BCUT2D eigenvalue weighted by Gasteiger charge is 2.32. The number of Topliss-reactive ketones (excluding diaryl/α,β-unsaturated/α-hetero) is 1. The Hall–Kier alpha value is -2.74. The lowest BCUT2D eigenvalue weighted by atomic mass is 10.0. The molecule has 0 spiro atoms. The highest BCUT2D eigenvalue weighted by atomic mass is 32.2. The first kappa shape index (κ1) is 19.0. The van der Waals surface area contributed by atoms with Gasteiger partial charge in [0.25, 0.3) is 5.91 Å². The van der Waals surface area contributed by atoms with Gasteiger partial charge in [0.05, 0.1) is 10.5 Å². The molecule has 0 fully saturated rings. The average molecular weight is 391 g/mol. The smallest absolute Gasteiger partial charge is 0.262 e. The van der Waals surface area contributed by atoms with Crippen LogP contribution >= 0.6 is 0 Å². The Morgan fingerprint density at radius 1 is 1.22 bits per heavy atom. The molecule has 27 heavy (non-hydrogen) atoms. The minimum Gasteiger partial charge on any atom is -0.483 e. The number of rotatable bonds is 5. The molecule has 8 heteroatoms. The predicted octanol–water partition coefficient (Wildman–Crippen LogP) is 2.94. The van der Waals surface area contributed by atoms with Crippen LogP contribution in [-0.2, 0) is 14.6 Å². The minimum atomic E-state index is -3.31. The predicted molar refractivity (Wildman–Crippen MR) is 97.4 cm³/mol. The lowest BCUT2D eigenvalue weighted by molar-refractivity contribution is -0.118. The molecular formula is C19H18FNO5S. The quantitative estimate of drug-likeness (QED) is 0.846. The van der Waals surface area contributed by atoms with E-state index >= 15 is 0 Å². The van der Waals surface area contributed by atoms with E-state index in [1.54, 1.807) is 6.92 Å². The Morgan fingerprint density at radius 3 is 2.52 bits per heavy atom. The minimum absolute atomic E-state index is 0.145. The number of ether oxygens (including phenoxy) is 1. The van der Waals surface area contributed by atoms with Gasteiger partial charge in [-0.3, -0.25) is 9.59 Å². The second kappa shape index (κ2) is 7.11. The van der Waals surface area contributed by atoms with E-state index in [0.29, 0.717) is 11.3 Å². The molecule has 0 heterocycles. The fourth-order valence-corrected chi connectivity index (χ4v) is 3.70. The number of hydrogen-bond acceptors (Lipinski definition) is 5.